The number of rotatable bonds is 8. The van der Waals surface area contributed by atoms with E-state index in [1.54, 1.807) is 0 Å². The van der Waals surface area contributed by atoms with Crippen molar-refractivity contribution in [3.05, 3.63) is 212 Å². The fourth-order valence-corrected chi connectivity index (χ4v) is 7.27. The summed E-state index contributed by atoms with van der Waals surface area (Å²) in [6, 6.07) is 75.7. The number of benzene rings is 8. The van der Waals surface area contributed by atoms with Crippen LogP contribution < -0.4 is 9.80 Å². The van der Waals surface area contributed by atoms with Gasteiger partial charge in [-0.1, -0.05) is 121 Å². The van der Waals surface area contributed by atoms with Crippen LogP contribution in [0.1, 0.15) is 0 Å². The minimum Gasteiger partial charge on any atom is -0.311 e. The molecule has 0 aliphatic carbocycles. The van der Waals surface area contributed by atoms with E-state index in [9.17, 15) is 0 Å². The molecule has 9 aromatic rings. The lowest BCUT2D eigenvalue weighted by Gasteiger charge is -2.27. The zero-order valence-electron chi connectivity index (χ0n) is 28.0. The second kappa shape index (κ2) is 13.2. The van der Waals surface area contributed by atoms with E-state index >= 15 is 0 Å². The van der Waals surface area contributed by atoms with E-state index in [1.165, 1.54) is 21.8 Å². The van der Waals surface area contributed by atoms with Gasteiger partial charge in [0.25, 0.3) is 0 Å². The number of hydrogen-bond acceptors (Lipinski definition) is 2. The summed E-state index contributed by atoms with van der Waals surface area (Å²) < 4.78 is 2.42. The Bertz CT molecular complexity index is 2470. The molecular formula is C48H35N3. The minimum absolute atomic E-state index is 1.10. The molecule has 0 saturated carbocycles. The summed E-state index contributed by atoms with van der Waals surface area (Å²) in [6.07, 6.45) is 0. The van der Waals surface area contributed by atoms with Gasteiger partial charge >= 0.3 is 0 Å². The number of anilines is 6. The van der Waals surface area contributed by atoms with E-state index < -0.39 is 0 Å². The van der Waals surface area contributed by atoms with Crippen LogP contribution in [-0.4, -0.2) is 4.57 Å². The second-order valence-electron chi connectivity index (χ2n) is 12.6. The predicted molar refractivity (Wildman–Crippen MR) is 216 cm³/mol. The summed E-state index contributed by atoms with van der Waals surface area (Å²) >= 11 is 0. The molecule has 1 aromatic heterocycles. The number of para-hydroxylation sites is 6. The lowest BCUT2D eigenvalue weighted by Crippen LogP contribution is -2.10. The van der Waals surface area contributed by atoms with Crippen molar-refractivity contribution in [3.63, 3.8) is 0 Å². The zero-order chi connectivity index (χ0) is 34.0. The molecule has 8 aromatic carbocycles. The summed E-state index contributed by atoms with van der Waals surface area (Å²) in [5, 5.41) is 2.43. The molecule has 0 bridgehead atoms. The first kappa shape index (κ1) is 30.2. The first-order valence-corrected chi connectivity index (χ1v) is 17.4. The summed E-state index contributed by atoms with van der Waals surface area (Å²) in [5.74, 6) is 0. The van der Waals surface area contributed by atoms with Crippen molar-refractivity contribution in [1.29, 1.82) is 0 Å². The standard InChI is InChI=1S/C48H35N3/c1-6-18-37(19-7-1)49(38-20-8-2-9-21-38)42-32-30-36(31-33-42)45-34-43(50(39-22-10-3-11-23-39)40-24-12-4-13-25-40)35-46-44-28-16-17-29-47(44)51(48(45)46)41-26-14-5-15-27-41/h1-35H. The van der Waals surface area contributed by atoms with E-state index in [0.717, 1.165) is 50.9 Å². The molecule has 0 spiro atoms. The quantitative estimate of drug-likeness (QED) is 0.162. The highest BCUT2D eigenvalue weighted by atomic mass is 15.1. The first-order chi connectivity index (χ1) is 25.3. The van der Waals surface area contributed by atoms with E-state index in [2.05, 4.69) is 227 Å². The molecule has 0 aliphatic rings. The van der Waals surface area contributed by atoms with Gasteiger partial charge in [-0.05, 0) is 96.6 Å². The molecule has 0 atom stereocenters. The SMILES string of the molecule is c1ccc(N(c2ccccc2)c2ccc(-c3cc(N(c4ccccc4)c4ccccc4)cc4c5ccccc5n(-c5ccccc5)c34)cc2)cc1. The zero-order valence-corrected chi connectivity index (χ0v) is 28.0. The van der Waals surface area contributed by atoms with Crippen LogP contribution in [0.15, 0.2) is 212 Å². The molecule has 242 valence electrons. The monoisotopic (exact) mass is 653 g/mol. The van der Waals surface area contributed by atoms with Crippen molar-refractivity contribution in [2.75, 3.05) is 9.80 Å². The molecule has 51 heavy (non-hydrogen) atoms. The van der Waals surface area contributed by atoms with Gasteiger partial charge in [0, 0.05) is 56.1 Å². The molecule has 3 nitrogen and oxygen atoms in total. The number of aromatic nitrogens is 1. The summed E-state index contributed by atoms with van der Waals surface area (Å²) in [5.41, 5.74) is 12.5. The summed E-state index contributed by atoms with van der Waals surface area (Å²) in [7, 11) is 0. The van der Waals surface area contributed by atoms with Crippen LogP contribution in [0.2, 0.25) is 0 Å². The highest BCUT2D eigenvalue weighted by Gasteiger charge is 2.22. The van der Waals surface area contributed by atoms with Crippen molar-refractivity contribution >= 4 is 55.9 Å². The highest BCUT2D eigenvalue weighted by molar-refractivity contribution is 6.15. The van der Waals surface area contributed by atoms with Gasteiger partial charge in [0.2, 0.25) is 0 Å². The van der Waals surface area contributed by atoms with Crippen LogP contribution in [-0.2, 0) is 0 Å². The smallest absolute Gasteiger partial charge is 0.0621 e. The molecule has 0 radical (unpaired) electrons. The van der Waals surface area contributed by atoms with Gasteiger partial charge in [-0.15, -0.1) is 0 Å². The molecule has 0 amide bonds. The van der Waals surface area contributed by atoms with E-state index in [0.29, 0.717) is 0 Å². The van der Waals surface area contributed by atoms with Crippen molar-refractivity contribution < 1.29 is 0 Å². The second-order valence-corrected chi connectivity index (χ2v) is 12.6. The maximum Gasteiger partial charge on any atom is 0.0621 e. The Balaban J connectivity index is 1.31. The fraction of sp³-hybridized carbons (Fsp3) is 0. The van der Waals surface area contributed by atoms with E-state index in [4.69, 9.17) is 0 Å². The summed E-state index contributed by atoms with van der Waals surface area (Å²) in [4.78, 5) is 4.67. The Morgan fingerprint density at radius 2 is 0.725 bits per heavy atom. The molecule has 1 heterocycles. The van der Waals surface area contributed by atoms with Crippen LogP contribution in [0.4, 0.5) is 34.1 Å². The lowest BCUT2D eigenvalue weighted by atomic mass is 9.99. The van der Waals surface area contributed by atoms with Crippen molar-refractivity contribution in [1.82, 2.24) is 4.57 Å². The third kappa shape index (κ3) is 5.61. The van der Waals surface area contributed by atoms with Crippen molar-refractivity contribution in [3.8, 4) is 16.8 Å². The van der Waals surface area contributed by atoms with Gasteiger partial charge in [-0.3, -0.25) is 0 Å². The normalized spacial score (nSPS) is 11.1. The molecule has 0 saturated heterocycles. The van der Waals surface area contributed by atoms with Gasteiger partial charge in [-0.25, -0.2) is 0 Å². The van der Waals surface area contributed by atoms with Crippen LogP contribution in [0.25, 0.3) is 38.6 Å². The number of nitrogens with zero attached hydrogens (tertiary/aromatic N) is 3. The maximum absolute atomic E-state index is 2.42. The topological polar surface area (TPSA) is 11.4 Å². The number of fused-ring (bicyclic) bond motifs is 3. The molecule has 0 N–H and O–H groups in total. The van der Waals surface area contributed by atoms with Gasteiger partial charge in [0.05, 0.1) is 11.0 Å². The largest absolute Gasteiger partial charge is 0.311 e. The van der Waals surface area contributed by atoms with Gasteiger partial charge in [0.15, 0.2) is 0 Å². The van der Waals surface area contributed by atoms with Crippen LogP contribution in [0.5, 0.6) is 0 Å². The van der Waals surface area contributed by atoms with Gasteiger partial charge < -0.3 is 14.4 Å². The predicted octanol–water partition coefficient (Wildman–Crippen LogP) is 13.4. The molecule has 9 rings (SSSR count). The van der Waals surface area contributed by atoms with E-state index in [1.807, 2.05) is 0 Å². The van der Waals surface area contributed by atoms with Crippen LogP contribution in [0, 0.1) is 0 Å². The van der Waals surface area contributed by atoms with Gasteiger partial charge in [0.1, 0.15) is 0 Å². The van der Waals surface area contributed by atoms with Crippen molar-refractivity contribution in [2.24, 2.45) is 0 Å². The van der Waals surface area contributed by atoms with Crippen LogP contribution >= 0.6 is 0 Å². The summed E-state index contributed by atoms with van der Waals surface area (Å²) in [6.45, 7) is 0. The third-order valence-electron chi connectivity index (χ3n) is 9.52. The fourth-order valence-electron chi connectivity index (χ4n) is 7.27. The Hall–Kier alpha value is -6.84. The Morgan fingerprint density at radius 3 is 1.24 bits per heavy atom. The van der Waals surface area contributed by atoms with Crippen LogP contribution in [0.3, 0.4) is 0 Å². The maximum atomic E-state index is 2.42. The molecular weight excluding hydrogens is 619 g/mol. The molecule has 0 fully saturated rings. The Labute approximate surface area is 298 Å². The number of hydrogen-bond donors (Lipinski definition) is 0. The average Bonchev–Trinajstić information content (AvgIpc) is 3.54. The molecule has 0 unspecified atom stereocenters. The van der Waals surface area contributed by atoms with Crippen molar-refractivity contribution in [2.45, 2.75) is 0 Å². The first-order valence-electron chi connectivity index (χ1n) is 17.4. The lowest BCUT2D eigenvalue weighted by molar-refractivity contribution is 1.18. The Kier molecular flexibility index (Phi) is 7.84. The van der Waals surface area contributed by atoms with Gasteiger partial charge in [-0.2, -0.15) is 0 Å². The molecule has 3 heteroatoms. The van der Waals surface area contributed by atoms with E-state index in [-0.39, 0.29) is 0 Å². The average molecular weight is 654 g/mol. The third-order valence-corrected chi connectivity index (χ3v) is 9.52. The Morgan fingerprint density at radius 1 is 0.314 bits per heavy atom. The minimum atomic E-state index is 1.10. The highest BCUT2D eigenvalue weighted by Crippen LogP contribution is 2.45. The molecule has 0 aliphatic heterocycles.